The molecule has 1 aliphatic heterocycles. The number of aliphatic imine (C=N–C) groups is 1. The molecule has 7 heteroatoms. The summed E-state index contributed by atoms with van der Waals surface area (Å²) in [4.78, 5) is 20.1. The number of thiophene rings is 1. The van der Waals surface area contributed by atoms with E-state index >= 15 is 0 Å². The maximum Gasteiger partial charge on any atom is 0.242 e. The van der Waals surface area contributed by atoms with Crippen LogP contribution >= 0.6 is 11.3 Å². The summed E-state index contributed by atoms with van der Waals surface area (Å²) in [6, 6.07) is 9.93. The highest BCUT2D eigenvalue weighted by Crippen LogP contribution is 2.23. The molecule has 1 aromatic carbocycles. The molecule has 0 saturated heterocycles. The zero-order valence-electron chi connectivity index (χ0n) is 16.1. The number of nitrogens with zero attached hydrogens (tertiary/aromatic N) is 2. The first kappa shape index (κ1) is 19.9. The summed E-state index contributed by atoms with van der Waals surface area (Å²) in [7, 11) is 1.69. The fourth-order valence-electron chi connectivity index (χ4n) is 3.07. The fourth-order valence-corrected chi connectivity index (χ4v) is 3.96. The SMILES string of the molecule is C=CCOc1ccccc1CNC(=NC)NCC(=O)N1CCc2sccc2C1. The van der Waals surface area contributed by atoms with Crippen LogP contribution in [0.3, 0.4) is 0 Å². The molecule has 0 fully saturated rings. The summed E-state index contributed by atoms with van der Waals surface area (Å²) >= 11 is 1.77. The lowest BCUT2D eigenvalue weighted by molar-refractivity contribution is -0.130. The van der Waals surface area contributed by atoms with Crippen molar-refractivity contribution >= 4 is 23.2 Å². The van der Waals surface area contributed by atoms with Crippen LogP contribution in [0, 0.1) is 0 Å². The van der Waals surface area contributed by atoms with E-state index in [0.717, 1.165) is 24.3 Å². The van der Waals surface area contributed by atoms with Crippen LogP contribution in [0.1, 0.15) is 16.0 Å². The molecule has 2 heterocycles. The van der Waals surface area contributed by atoms with Gasteiger partial charge in [-0.15, -0.1) is 11.3 Å². The van der Waals surface area contributed by atoms with Gasteiger partial charge in [-0.3, -0.25) is 9.79 Å². The van der Waals surface area contributed by atoms with E-state index in [-0.39, 0.29) is 12.5 Å². The molecule has 3 rings (SSSR count). The smallest absolute Gasteiger partial charge is 0.242 e. The normalized spacial score (nSPS) is 13.6. The largest absolute Gasteiger partial charge is 0.489 e. The number of carbonyl (C=O) groups is 1. The van der Waals surface area contributed by atoms with Gasteiger partial charge in [0.15, 0.2) is 5.96 Å². The highest BCUT2D eigenvalue weighted by molar-refractivity contribution is 7.10. The van der Waals surface area contributed by atoms with Crippen LogP contribution in [-0.2, 0) is 24.3 Å². The monoisotopic (exact) mass is 398 g/mol. The van der Waals surface area contributed by atoms with Crippen molar-refractivity contribution < 1.29 is 9.53 Å². The Morgan fingerprint density at radius 2 is 2.21 bits per heavy atom. The molecular formula is C21H26N4O2S. The van der Waals surface area contributed by atoms with E-state index in [1.165, 1.54) is 10.4 Å². The van der Waals surface area contributed by atoms with Crippen molar-refractivity contribution in [3.63, 3.8) is 0 Å². The third-order valence-electron chi connectivity index (χ3n) is 4.57. The second-order valence-electron chi connectivity index (χ2n) is 6.42. The van der Waals surface area contributed by atoms with Gasteiger partial charge in [-0.1, -0.05) is 30.9 Å². The predicted molar refractivity (Wildman–Crippen MR) is 114 cm³/mol. The average molecular weight is 399 g/mol. The Morgan fingerprint density at radius 3 is 3.04 bits per heavy atom. The van der Waals surface area contributed by atoms with Crippen molar-refractivity contribution in [2.45, 2.75) is 19.5 Å². The first-order chi connectivity index (χ1) is 13.7. The van der Waals surface area contributed by atoms with Crippen molar-refractivity contribution in [1.82, 2.24) is 15.5 Å². The van der Waals surface area contributed by atoms with Gasteiger partial charge in [0.2, 0.25) is 5.91 Å². The third kappa shape index (κ3) is 5.13. The quantitative estimate of drug-likeness (QED) is 0.427. The first-order valence-corrected chi connectivity index (χ1v) is 10.2. The van der Waals surface area contributed by atoms with Gasteiger partial charge in [-0.25, -0.2) is 0 Å². The van der Waals surface area contributed by atoms with E-state index in [2.05, 4.69) is 33.7 Å². The van der Waals surface area contributed by atoms with Crippen LogP contribution in [0.4, 0.5) is 0 Å². The maximum atomic E-state index is 12.6. The summed E-state index contributed by atoms with van der Waals surface area (Å²) in [5, 5.41) is 8.44. The Balaban J connectivity index is 1.49. The summed E-state index contributed by atoms with van der Waals surface area (Å²) < 4.78 is 5.67. The zero-order valence-corrected chi connectivity index (χ0v) is 16.9. The van der Waals surface area contributed by atoms with Crippen LogP contribution in [0.15, 0.2) is 53.4 Å². The van der Waals surface area contributed by atoms with Gasteiger partial charge in [0.1, 0.15) is 12.4 Å². The van der Waals surface area contributed by atoms with E-state index in [9.17, 15) is 4.79 Å². The topological polar surface area (TPSA) is 66.0 Å². The van der Waals surface area contributed by atoms with E-state index < -0.39 is 0 Å². The van der Waals surface area contributed by atoms with Crippen LogP contribution in [0.25, 0.3) is 0 Å². The van der Waals surface area contributed by atoms with E-state index in [1.54, 1.807) is 24.5 Å². The first-order valence-electron chi connectivity index (χ1n) is 9.30. The minimum Gasteiger partial charge on any atom is -0.489 e. The van der Waals surface area contributed by atoms with Crippen LogP contribution in [0.2, 0.25) is 0 Å². The molecule has 2 aromatic rings. The highest BCUT2D eigenvalue weighted by atomic mass is 32.1. The van der Waals surface area contributed by atoms with Crippen LogP contribution in [0.5, 0.6) is 5.75 Å². The van der Waals surface area contributed by atoms with Crippen molar-refractivity contribution in [2.24, 2.45) is 4.99 Å². The summed E-state index contributed by atoms with van der Waals surface area (Å²) in [5.74, 6) is 1.47. The Hall–Kier alpha value is -2.80. The fraction of sp³-hybridized carbons (Fsp3) is 0.333. The molecule has 0 unspecified atom stereocenters. The molecular weight excluding hydrogens is 372 g/mol. The molecule has 1 aliphatic rings. The molecule has 0 bridgehead atoms. The molecule has 0 spiro atoms. The lowest BCUT2D eigenvalue weighted by Crippen LogP contribution is -2.45. The van der Waals surface area contributed by atoms with Gasteiger partial charge in [0, 0.05) is 37.1 Å². The van der Waals surface area contributed by atoms with Crippen molar-refractivity contribution in [2.75, 3.05) is 26.7 Å². The summed E-state index contributed by atoms with van der Waals surface area (Å²) in [6.07, 6.45) is 2.66. The van der Waals surface area contributed by atoms with Gasteiger partial charge in [0.05, 0.1) is 6.54 Å². The van der Waals surface area contributed by atoms with E-state index in [1.807, 2.05) is 29.2 Å². The van der Waals surface area contributed by atoms with Crippen LogP contribution in [-0.4, -0.2) is 43.5 Å². The number of guanidine groups is 1. The Labute approximate surface area is 169 Å². The number of para-hydroxylation sites is 1. The molecule has 1 aromatic heterocycles. The number of benzene rings is 1. The number of hydrogen-bond acceptors (Lipinski definition) is 4. The van der Waals surface area contributed by atoms with Crippen LogP contribution < -0.4 is 15.4 Å². The number of amides is 1. The number of fused-ring (bicyclic) bond motifs is 1. The predicted octanol–water partition coefficient (Wildman–Crippen LogP) is 2.56. The molecule has 148 valence electrons. The Morgan fingerprint density at radius 1 is 1.36 bits per heavy atom. The molecule has 28 heavy (non-hydrogen) atoms. The summed E-state index contributed by atoms with van der Waals surface area (Å²) in [6.45, 7) is 6.36. The van der Waals surface area contributed by atoms with Gasteiger partial charge < -0.3 is 20.3 Å². The second kappa shape index (κ2) is 9.94. The van der Waals surface area contributed by atoms with E-state index in [4.69, 9.17) is 4.74 Å². The number of nitrogens with one attached hydrogen (secondary N) is 2. The number of rotatable bonds is 7. The highest BCUT2D eigenvalue weighted by Gasteiger charge is 2.21. The summed E-state index contributed by atoms with van der Waals surface area (Å²) in [5.41, 5.74) is 2.28. The average Bonchev–Trinajstić information content (AvgIpc) is 3.20. The molecule has 2 N–H and O–H groups in total. The number of carbonyl (C=O) groups excluding carboxylic acids is 1. The number of hydrogen-bond donors (Lipinski definition) is 2. The van der Waals surface area contributed by atoms with Gasteiger partial charge in [-0.05, 0) is 29.5 Å². The lowest BCUT2D eigenvalue weighted by atomic mass is 10.1. The molecule has 0 radical (unpaired) electrons. The Bertz CT molecular complexity index is 846. The van der Waals surface area contributed by atoms with E-state index in [0.29, 0.717) is 25.7 Å². The van der Waals surface area contributed by atoms with Crippen molar-refractivity contribution in [3.05, 3.63) is 64.4 Å². The minimum absolute atomic E-state index is 0.0783. The minimum atomic E-state index is 0.0783. The van der Waals surface area contributed by atoms with Gasteiger partial charge >= 0.3 is 0 Å². The third-order valence-corrected chi connectivity index (χ3v) is 5.59. The lowest BCUT2D eigenvalue weighted by Gasteiger charge is -2.27. The maximum absolute atomic E-state index is 12.6. The second-order valence-corrected chi connectivity index (χ2v) is 7.42. The molecule has 0 aliphatic carbocycles. The standard InChI is InChI=1S/C21H26N4O2S/c1-3-11-27-18-7-5-4-6-16(18)13-23-21(22-2)24-14-20(26)25-10-8-19-17(15-25)9-12-28-19/h3-7,9,12H,1,8,10-11,13-15H2,2H3,(H2,22,23,24). The zero-order chi connectivity index (χ0) is 19.8. The van der Waals surface area contributed by atoms with Gasteiger partial charge in [-0.2, -0.15) is 0 Å². The molecule has 0 saturated carbocycles. The molecule has 0 atom stereocenters. The molecule has 6 nitrogen and oxygen atoms in total. The van der Waals surface area contributed by atoms with Crippen molar-refractivity contribution in [1.29, 1.82) is 0 Å². The molecule has 1 amide bonds. The van der Waals surface area contributed by atoms with Gasteiger partial charge in [0.25, 0.3) is 0 Å². The number of ether oxygens (including phenoxy) is 1. The van der Waals surface area contributed by atoms with Crippen molar-refractivity contribution in [3.8, 4) is 5.75 Å². The Kier molecular flexibility index (Phi) is 7.08.